The van der Waals surface area contributed by atoms with Gasteiger partial charge in [0.05, 0.1) is 23.7 Å². The molecule has 4 rings (SSSR count). The van der Waals surface area contributed by atoms with Gasteiger partial charge in [0.15, 0.2) is 5.75 Å². The maximum absolute atomic E-state index is 12.4. The summed E-state index contributed by atoms with van der Waals surface area (Å²) in [5.41, 5.74) is 2.25. The van der Waals surface area contributed by atoms with Crippen LogP contribution in [-0.4, -0.2) is 49.9 Å². The number of rotatable bonds is 7. The fraction of sp³-hybridized carbons (Fsp3) is 0.464. The topological polar surface area (TPSA) is 48.0 Å². The standard InChI is InChI=1S/C28H33ClFNO4/c1-28(2,3)27(32)35-26-17-25-23(16-24(26)29)22(6-4-15-33-25)19-7-9-20(10-8-19)34-21-11-14-31(18-21)13-5-12-30/h6-10,16-17,21H,4-5,11-15,18H2,1-3H3/t21-/m0/s1. The highest BCUT2D eigenvalue weighted by Gasteiger charge is 2.26. The molecule has 35 heavy (non-hydrogen) atoms. The molecule has 0 bridgehead atoms. The largest absolute Gasteiger partial charge is 0.492 e. The molecule has 2 heterocycles. The van der Waals surface area contributed by atoms with Gasteiger partial charge in [0.1, 0.15) is 17.6 Å². The van der Waals surface area contributed by atoms with Crippen LogP contribution in [0.4, 0.5) is 4.39 Å². The molecule has 0 spiro atoms. The minimum atomic E-state index is -0.642. The zero-order valence-electron chi connectivity index (χ0n) is 20.6. The Balaban J connectivity index is 1.49. The van der Waals surface area contributed by atoms with Crippen LogP contribution in [0.25, 0.3) is 5.57 Å². The van der Waals surface area contributed by atoms with Gasteiger partial charge in [-0.15, -0.1) is 0 Å². The second kappa shape index (κ2) is 11.0. The number of hydrogen-bond donors (Lipinski definition) is 0. The lowest BCUT2D eigenvalue weighted by molar-refractivity contribution is -0.142. The summed E-state index contributed by atoms with van der Waals surface area (Å²) in [5, 5.41) is 0.358. The number of fused-ring (bicyclic) bond motifs is 1. The first kappa shape index (κ1) is 25.5. The van der Waals surface area contributed by atoms with Crippen LogP contribution < -0.4 is 14.2 Å². The van der Waals surface area contributed by atoms with E-state index in [2.05, 4.69) is 11.0 Å². The molecular formula is C28H33ClFNO4. The first-order valence-electron chi connectivity index (χ1n) is 12.2. The Morgan fingerprint density at radius 1 is 1.23 bits per heavy atom. The van der Waals surface area contributed by atoms with Crippen molar-refractivity contribution in [2.24, 2.45) is 5.41 Å². The Hall–Kier alpha value is -2.57. The Morgan fingerprint density at radius 2 is 2.00 bits per heavy atom. The van der Waals surface area contributed by atoms with E-state index in [-0.39, 0.29) is 18.7 Å². The molecule has 2 aliphatic rings. The number of benzene rings is 2. The molecular weight excluding hydrogens is 469 g/mol. The first-order valence-corrected chi connectivity index (χ1v) is 12.6. The van der Waals surface area contributed by atoms with E-state index >= 15 is 0 Å². The van der Waals surface area contributed by atoms with Crippen molar-refractivity contribution in [1.29, 1.82) is 0 Å². The predicted octanol–water partition coefficient (Wildman–Crippen LogP) is 6.32. The average Bonchev–Trinajstić information content (AvgIpc) is 3.16. The van der Waals surface area contributed by atoms with E-state index in [1.807, 2.05) is 24.3 Å². The second-order valence-corrected chi connectivity index (χ2v) is 10.5. The van der Waals surface area contributed by atoms with Crippen molar-refractivity contribution >= 4 is 23.1 Å². The summed E-state index contributed by atoms with van der Waals surface area (Å²) >= 11 is 6.52. The lowest BCUT2D eigenvalue weighted by Crippen LogP contribution is -2.26. The van der Waals surface area contributed by atoms with Gasteiger partial charge in [-0.1, -0.05) is 29.8 Å². The van der Waals surface area contributed by atoms with Gasteiger partial charge in [-0.25, -0.2) is 0 Å². The Kier molecular flexibility index (Phi) is 8.02. The number of esters is 1. The van der Waals surface area contributed by atoms with Crippen LogP contribution in [0.15, 0.2) is 42.5 Å². The number of alkyl halides is 1. The molecule has 1 atom stereocenters. The van der Waals surface area contributed by atoms with Crippen LogP contribution in [-0.2, 0) is 4.79 Å². The molecule has 2 aromatic carbocycles. The minimum absolute atomic E-state index is 0.125. The molecule has 0 aliphatic carbocycles. The van der Waals surface area contributed by atoms with Crippen LogP contribution in [0.1, 0.15) is 51.2 Å². The molecule has 0 saturated carbocycles. The highest BCUT2D eigenvalue weighted by Crippen LogP contribution is 2.41. The molecule has 7 heteroatoms. The number of hydrogen-bond acceptors (Lipinski definition) is 5. The molecule has 1 fully saturated rings. The smallest absolute Gasteiger partial charge is 0.316 e. The monoisotopic (exact) mass is 501 g/mol. The van der Waals surface area contributed by atoms with Crippen LogP contribution in [0, 0.1) is 5.41 Å². The lowest BCUT2D eigenvalue weighted by atomic mass is 9.96. The van der Waals surface area contributed by atoms with Gasteiger partial charge in [0, 0.05) is 37.7 Å². The van der Waals surface area contributed by atoms with Crippen LogP contribution in [0.2, 0.25) is 5.02 Å². The zero-order chi connectivity index (χ0) is 25.0. The predicted molar refractivity (Wildman–Crippen MR) is 136 cm³/mol. The number of ether oxygens (including phenoxy) is 3. The summed E-state index contributed by atoms with van der Waals surface area (Å²) in [5.74, 6) is 1.40. The molecule has 0 aromatic heterocycles. The van der Waals surface area contributed by atoms with Crippen molar-refractivity contribution in [2.75, 3.05) is 32.9 Å². The SMILES string of the molecule is CC(C)(C)C(=O)Oc1cc2c(cc1Cl)C(c1ccc(O[C@H]3CCN(CCCF)C3)cc1)=CCCO2. The van der Waals surface area contributed by atoms with E-state index in [1.165, 1.54) is 0 Å². The van der Waals surface area contributed by atoms with Crippen molar-refractivity contribution in [3.63, 3.8) is 0 Å². The zero-order valence-corrected chi connectivity index (χ0v) is 21.4. The normalized spacial score (nSPS) is 18.3. The van der Waals surface area contributed by atoms with Crippen molar-refractivity contribution in [3.8, 4) is 17.2 Å². The second-order valence-electron chi connectivity index (χ2n) is 10.1. The lowest BCUT2D eigenvalue weighted by Gasteiger charge is -2.19. The molecule has 5 nitrogen and oxygen atoms in total. The van der Waals surface area contributed by atoms with Crippen LogP contribution in [0.5, 0.6) is 17.2 Å². The molecule has 188 valence electrons. The third-order valence-electron chi connectivity index (χ3n) is 6.17. The summed E-state index contributed by atoms with van der Waals surface area (Å²) in [7, 11) is 0. The molecule has 0 unspecified atom stereocenters. The number of halogens is 2. The van der Waals surface area contributed by atoms with E-state index in [0.29, 0.717) is 29.5 Å². The van der Waals surface area contributed by atoms with E-state index < -0.39 is 5.41 Å². The van der Waals surface area contributed by atoms with Gasteiger partial charge in [-0.3, -0.25) is 14.1 Å². The average molecular weight is 502 g/mol. The van der Waals surface area contributed by atoms with E-state index in [9.17, 15) is 9.18 Å². The number of carbonyl (C=O) groups is 1. The van der Waals surface area contributed by atoms with Gasteiger partial charge in [0.2, 0.25) is 0 Å². The Morgan fingerprint density at radius 3 is 2.71 bits per heavy atom. The third kappa shape index (κ3) is 6.36. The summed E-state index contributed by atoms with van der Waals surface area (Å²) in [6, 6.07) is 11.5. The maximum atomic E-state index is 12.4. The molecule has 0 N–H and O–H groups in total. The van der Waals surface area contributed by atoms with Crippen molar-refractivity contribution in [2.45, 2.75) is 46.1 Å². The van der Waals surface area contributed by atoms with E-state index in [0.717, 1.165) is 54.9 Å². The quantitative estimate of drug-likeness (QED) is 0.328. The molecule has 0 amide bonds. The fourth-order valence-electron chi connectivity index (χ4n) is 4.24. The summed E-state index contributed by atoms with van der Waals surface area (Å²) < 4.78 is 30.1. The highest BCUT2D eigenvalue weighted by molar-refractivity contribution is 6.32. The van der Waals surface area contributed by atoms with Crippen LogP contribution >= 0.6 is 11.6 Å². The summed E-state index contributed by atoms with van der Waals surface area (Å²) in [6.45, 7) is 8.20. The van der Waals surface area contributed by atoms with E-state index in [1.54, 1.807) is 32.9 Å². The molecule has 0 radical (unpaired) electrons. The Bertz CT molecular complexity index is 1080. The van der Waals surface area contributed by atoms with Gasteiger partial charge in [-0.2, -0.15) is 0 Å². The van der Waals surface area contributed by atoms with Gasteiger partial charge in [0.25, 0.3) is 0 Å². The van der Waals surface area contributed by atoms with Gasteiger partial charge in [-0.05, 0) is 62.9 Å². The van der Waals surface area contributed by atoms with Crippen molar-refractivity contribution < 1.29 is 23.4 Å². The summed E-state index contributed by atoms with van der Waals surface area (Å²) in [6.07, 6.45) is 4.53. The number of nitrogens with zero attached hydrogens (tertiary/aromatic N) is 1. The minimum Gasteiger partial charge on any atom is -0.492 e. The van der Waals surface area contributed by atoms with Gasteiger partial charge >= 0.3 is 5.97 Å². The van der Waals surface area contributed by atoms with Crippen molar-refractivity contribution in [3.05, 3.63) is 58.6 Å². The first-order chi connectivity index (χ1) is 16.7. The third-order valence-corrected chi connectivity index (χ3v) is 6.46. The van der Waals surface area contributed by atoms with Crippen molar-refractivity contribution in [1.82, 2.24) is 4.90 Å². The fourth-order valence-corrected chi connectivity index (χ4v) is 4.44. The van der Waals surface area contributed by atoms with Gasteiger partial charge < -0.3 is 14.2 Å². The summed E-state index contributed by atoms with van der Waals surface area (Å²) in [4.78, 5) is 14.6. The number of likely N-dealkylation sites (tertiary alicyclic amines) is 1. The molecule has 2 aromatic rings. The number of carbonyl (C=O) groups excluding carboxylic acids is 1. The molecule has 2 aliphatic heterocycles. The van der Waals surface area contributed by atoms with E-state index in [4.69, 9.17) is 25.8 Å². The van der Waals surface area contributed by atoms with Crippen LogP contribution in [0.3, 0.4) is 0 Å². The molecule has 1 saturated heterocycles. The maximum Gasteiger partial charge on any atom is 0.316 e. The Labute approximate surface area is 211 Å². The highest BCUT2D eigenvalue weighted by atomic mass is 35.5.